The van der Waals surface area contributed by atoms with Gasteiger partial charge >= 0.3 is 0 Å². The maximum atomic E-state index is 12.5. The Bertz CT molecular complexity index is 584. The van der Waals surface area contributed by atoms with Crippen LogP contribution in [0.1, 0.15) is 39.5 Å². The minimum atomic E-state index is 0.0746. The molecular weight excluding hydrogens is 246 g/mol. The summed E-state index contributed by atoms with van der Waals surface area (Å²) in [4.78, 5) is 15.8. The Labute approximate surface area is 110 Å². The fourth-order valence-corrected chi connectivity index (χ4v) is 3.51. The quantitative estimate of drug-likeness (QED) is 0.788. The Hall–Kier alpha value is -1.55. The third-order valence-electron chi connectivity index (χ3n) is 3.63. The van der Waals surface area contributed by atoms with E-state index in [0.29, 0.717) is 11.3 Å². The number of thiophene rings is 1. The largest absolute Gasteiger partial charge is 0.469 e. The van der Waals surface area contributed by atoms with Crippen molar-refractivity contribution in [2.75, 3.05) is 6.54 Å². The lowest BCUT2D eigenvalue weighted by Gasteiger charge is -2.33. The molecule has 0 unspecified atom stereocenters. The summed E-state index contributed by atoms with van der Waals surface area (Å²) in [6.45, 7) is 4.72. The van der Waals surface area contributed by atoms with Crippen molar-refractivity contribution < 1.29 is 9.21 Å². The molecular formula is C14H15NO2S. The van der Waals surface area contributed by atoms with Crippen LogP contribution in [-0.2, 0) is 6.42 Å². The predicted molar refractivity (Wildman–Crippen MR) is 70.9 cm³/mol. The smallest absolute Gasteiger partial charge is 0.257 e. The maximum absolute atomic E-state index is 12.5. The molecule has 2 aromatic heterocycles. The van der Waals surface area contributed by atoms with Gasteiger partial charge < -0.3 is 9.32 Å². The van der Waals surface area contributed by atoms with Crippen LogP contribution in [0.25, 0.3) is 0 Å². The first kappa shape index (κ1) is 11.5. The summed E-state index contributed by atoms with van der Waals surface area (Å²) in [5, 5.41) is 2.11. The van der Waals surface area contributed by atoms with Crippen molar-refractivity contribution in [1.82, 2.24) is 4.90 Å². The minimum Gasteiger partial charge on any atom is -0.469 e. The summed E-state index contributed by atoms with van der Waals surface area (Å²) in [6.07, 6.45) is 2.53. The molecule has 1 amide bonds. The average Bonchev–Trinajstić information content (AvgIpc) is 2.97. The first-order valence-corrected chi connectivity index (χ1v) is 6.98. The Morgan fingerprint density at radius 1 is 1.50 bits per heavy atom. The zero-order valence-corrected chi connectivity index (χ0v) is 11.3. The maximum Gasteiger partial charge on any atom is 0.257 e. The van der Waals surface area contributed by atoms with Crippen molar-refractivity contribution in [1.29, 1.82) is 0 Å². The van der Waals surface area contributed by atoms with Crippen LogP contribution in [0.4, 0.5) is 0 Å². The molecule has 0 fully saturated rings. The molecule has 18 heavy (non-hydrogen) atoms. The van der Waals surface area contributed by atoms with Gasteiger partial charge in [-0.3, -0.25) is 4.79 Å². The highest BCUT2D eigenvalue weighted by Gasteiger charge is 2.30. The Balaban J connectivity index is 1.91. The van der Waals surface area contributed by atoms with Gasteiger partial charge in [-0.25, -0.2) is 0 Å². The number of nitrogens with zero attached hydrogens (tertiary/aromatic N) is 1. The second-order valence-electron chi connectivity index (χ2n) is 4.61. The van der Waals surface area contributed by atoms with Crippen LogP contribution in [0.2, 0.25) is 0 Å². The lowest BCUT2D eigenvalue weighted by Crippen LogP contribution is -2.38. The van der Waals surface area contributed by atoms with Crippen molar-refractivity contribution in [3.63, 3.8) is 0 Å². The first-order chi connectivity index (χ1) is 8.68. The van der Waals surface area contributed by atoms with E-state index in [-0.39, 0.29) is 11.9 Å². The number of hydrogen-bond acceptors (Lipinski definition) is 3. The molecule has 1 atom stereocenters. The molecule has 4 heteroatoms. The minimum absolute atomic E-state index is 0.0746. The van der Waals surface area contributed by atoms with Crippen LogP contribution >= 0.6 is 11.3 Å². The standard InChI is InChI=1S/C14H15NO2S/c1-9-11-5-8-18-13(11)3-6-15(9)14(16)12-4-7-17-10(12)2/h4-5,7-9H,3,6H2,1-2H3/t9-/m0/s1. The third-order valence-corrected chi connectivity index (χ3v) is 4.62. The lowest BCUT2D eigenvalue weighted by molar-refractivity contribution is 0.0677. The number of amides is 1. The van der Waals surface area contributed by atoms with E-state index in [4.69, 9.17) is 4.42 Å². The first-order valence-electron chi connectivity index (χ1n) is 6.10. The number of fused-ring (bicyclic) bond motifs is 1. The van der Waals surface area contributed by atoms with Gasteiger partial charge in [0.1, 0.15) is 5.76 Å². The SMILES string of the molecule is Cc1occc1C(=O)N1CCc2sccc2[C@@H]1C. The topological polar surface area (TPSA) is 33.5 Å². The molecule has 1 aliphatic heterocycles. The highest BCUT2D eigenvalue weighted by atomic mass is 32.1. The number of carbonyl (C=O) groups excluding carboxylic acids is 1. The van der Waals surface area contributed by atoms with E-state index < -0.39 is 0 Å². The van der Waals surface area contributed by atoms with Crippen molar-refractivity contribution in [3.05, 3.63) is 45.5 Å². The van der Waals surface area contributed by atoms with Gasteiger partial charge in [0.25, 0.3) is 5.91 Å². The zero-order chi connectivity index (χ0) is 12.7. The predicted octanol–water partition coefficient (Wildman–Crippen LogP) is 3.41. The van der Waals surface area contributed by atoms with E-state index in [2.05, 4.69) is 18.4 Å². The van der Waals surface area contributed by atoms with Crippen LogP contribution in [0.15, 0.2) is 28.2 Å². The van der Waals surface area contributed by atoms with Crippen LogP contribution in [0.3, 0.4) is 0 Å². The lowest BCUT2D eigenvalue weighted by atomic mass is 10.0. The summed E-state index contributed by atoms with van der Waals surface area (Å²) in [5.41, 5.74) is 1.97. The molecule has 3 rings (SSSR count). The Kier molecular flexibility index (Phi) is 2.74. The molecule has 0 radical (unpaired) electrons. The summed E-state index contributed by atoms with van der Waals surface area (Å²) < 4.78 is 5.22. The van der Waals surface area contributed by atoms with E-state index in [9.17, 15) is 4.79 Å². The van der Waals surface area contributed by atoms with Gasteiger partial charge in [-0.1, -0.05) is 0 Å². The van der Waals surface area contributed by atoms with Crippen LogP contribution < -0.4 is 0 Å². The van der Waals surface area contributed by atoms with Crippen molar-refractivity contribution >= 4 is 17.2 Å². The molecule has 0 aliphatic carbocycles. The Morgan fingerprint density at radius 2 is 2.33 bits per heavy atom. The monoisotopic (exact) mass is 261 g/mol. The molecule has 0 aromatic carbocycles. The highest BCUT2D eigenvalue weighted by molar-refractivity contribution is 7.10. The molecule has 0 saturated carbocycles. The zero-order valence-electron chi connectivity index (χ0n) is 10.5. The molecule has 0 saturated heterocycles. The fraction of sp³-hybridized carbons (Fsp3) is 0.357. The normalized spacial score (nSPS) is 18.8. The molecule has 94 valence electrons. The number of aryl methyl sites for hydroxylation is 1. The van der Waals surface area contributed by atoms with Gasteiger partial charge in [-0.2, -0.15) is 0 Å². The van der Waals surface area contributed by atoms with Gasteiger partial charge in [0, 0.05) is 11.4 Å². The van der Waals surface area contributed by atoms with E-state index >= 15 is 0 Å². The van der Waals surface area contributed by atoms with E-state index in [0.717, 1.165) is 13.0 Å². The van der Waals surface area contributed by atoms with Crippen molar-refractivity contribution in [3.8, 4) is 0 Å². The van der Waals surface area contributed by atoms with Gasteiger partial charge in [-0.05, 0) is 43.3 Å². The molecule has 3 nitrogen and oxygen atoms in total. The highest BCUT2D eigenvalue weighted by Crippen LogP contribution is 2.33. The van der Waals surface area contributed by atoms with Gasteiger partial charge in [0.15, 0.2) is 0 Å². The van der Waals surface area contributed by atoms with Crippen LogP contribution in [-0.4, -0.2) is 17.4 Å². The second kappa shape index (κ2) is 4.28. The van der Waals surface area contributed by atoms with Crippen molar-refractivity contribution in [2.45, 2.75) is 26.3 Å². The third kappa shape index (κ3) is 1.68. The van der Waals surface area contributed by atoms with E-state index in [1.807, 2.05) is 11.8 Å². The number of rotatable bonds is 1. The molecule has 0 bridgehead atoms. The number of furan rings is 1. The molecule has 2 aromatic rings. The van der Waals surface area contributed by atoms with E-state index in [1.165, 1.54) is 10.4 Å². The van der Waals surface area contributed by atoms with Crippen molar-refractivity contribution in [2.24, 2.45) is 0 Å². The van der Waals surface area contributed by atoms with Gasteiger partial charge in [0.2, 0.25) is 0 Å². The molecule has 3 heterocycles. The number of carbonyl (C=O) groups is 1. The van der Waals surface area contributed by atoms with Crippen LogP contribution in [0, 0.1) is 6.92 Å². The molecule has 0 N–H and O–H groups in total. The van der Waals surface area contributed by atoms with Gasteiger partial charge in [0.05, 0.1) is 17.9 Å². The summed E-state index contributed by atoms with van der Waals surface area (Å²) >= 11 is 1.79. The number of hydrogen-bond donors (Lipinski definition) is 0. The van der Waals surface area contributed by atoms with Crippen LogP contribution in [0.5, 0.6) is 0 Å². The summed E-state index contributed by atoms with van der Waals surface area (Å²) in [5.74, 6) is 0.772. The fourth-order valence-electron chi connectivity index (χ4n) is 2.55. The Morgan fingerprint density at radius 3 is 3.06 bits per heavy atom. The average molecular weight is 261 g/mol. The molecule has 1 aliphatic rings. The van der Waals surface area contributed by atoms with Gasteiger partial charge in [-0.15, -0.1) is 11.3 Å². The summed E-state index contributed by atoms with van der Waals surface area (Å²) in [6, 6.07) is 4.04. The summed E-state index contributed by atoms with van der Waals surface area (Å²) in [7, 11) is 0. The second-order valence-corrected chi connectivity index (χ2v) is 5.61. The molecule has 0 spiro atoms. The van der Waals surface area contributed by atoms with E-state index in [1.54, 1.807) is 23.7 Å².